The number of hydrogen-bond acceptors (Lipinski definition) is 11. The molecule has 39 heavy (non-hydrogen) atoms. The Hall–Kier alpha value is -2.25. The molecule has 0 aliphatic carbocycles. The van der Waals surface area contributed by atoms with Crippen LogP contribution in [0.15, 0.2) is 12.7 Å². The predicted octanol–water partition coefficient (Wildman–Crippen LogP) is 3.29. The van der Waals surface area contributed by atoms with Gasteiger partial charge in [0.1, 0.15) is 30.3 Å². The Labute approximate surface area is 235 Å². The SMILES string of the molecule is CCCCCOC(=O)CC[C@H](NP1(=O)CO[C@@H](Cn2cnc3c(N)ncnc32)CO1)C(=O)OCCCCC.S. The predicted molar refractivity (Wildman–Crippen MR) is 151 cm³/mol. The van der Waals surface area contributed by atoms with E-state index in [4.69, 9.17) is 24.5 Å². The zero-order valence-corrected chi connectivity index (χ0v) is 24.6. The molecule has 3 heterocycles. The lowest BCUT2D eigenvalue weighted by Crippen LogP contribution is -2.41. The van der Waals surface area contributed by atoms with Crippen LogP contribution in [0.25, 0.3) is 11.2 Å². The van der Waals surface area contributed by atoms with Crippen LogP contribution in [0.2, 0.25) is 0 Å². The van der Waals surface area contributed by atoms with E-state index in [1.807, 2.05) is 0 Å². The van der Waals surface area contributed by atoms with E-state index >= 15 is 0 Å². The van der Waals surface area contributed by atoms with Crippen LogP contribution >= 0.6 is 21.0 Å². The maximum atomic E-state index is 13.4. The van der Waals surface area contributed by atoms with Crippen LogP contribution in [0.1, 0.15) is 65.2 Å². The Morgan fingerprint density at radius 1 is 1.15 bits per heavy atom. The quantitative estimate of drug-likeness (QED) is 0.167. The van der Waals surface area contributed by atoms with E-state index < -0.39 is 31.6 Å². The molecule has 1 saturated heterocycles. The lowest BCUT2D eigenvalue weighted by Gasteiger charge is -2.32. The van der Waals surface area contributed by atoms with Crippen LogP contribution in [0.4, 0.5) is 5.82 Å². The minimum atomic E-state index is -3.54. The summed E-state index contributed by atoms with van der Waals surface area (Å²) < 4.78 is 37.3. The van der Waals surface area contributed by atoms with Crippen LogP contribution in [0.3, 0.4) is 0 Å². The van der Waals surface area contributed by atoms with Crippen LogP contribution in [-0.4, -0.2) is 69.8 Å². The summed E-state index contributed by atoms with van der Waals surface area (Å²) >= 11 is 0. The first kappa shape index (κ1) is 33.0. The number of aromatic nitrogens is 4. The Morgan fingerprint density at radius 2 is 1.87 bits per heavy atom. The van der Waals surface area contributed by atoms with Gasteiger partial charge in [-0.15, -0.1) is 0 Å². The summed E-state index contributed by atoms with van der Waals surface area (Å²) in [4.78, 5) is 37.3. The van der Waals surface area contributed by atoms with Crippen LogP contribution in [0, 0.1) is 0 Å². The fraction of sp³-hybridized carbons (Fsp3) is 0.708. The zero-order valence-electron chi connectivity index (χ0n) is 22.7. The van der Waals surface area contributed by atoms with Crippen molar-refractivity contribution in [3.05, 3.63) is 12.7 Å². The van der Waals surface area contributed by atoms with Crippen molar-refractivity contribution >= 4 is 49.9 Å². The van der Waals surface area contributed by atoms with Crippen LogP contribution in [0.5, 0.6) is 0 Å². The van der Waals surface area contributed by atoms with Gasteiger partial charge in [0.15, 0.2) is 11.5 Å². The average molecular weight is 589 g/mol. The summed E-state index contributed by atoms with van der Waals surface area (Å²) in [6.07, 6.45) is 7.74. The number of carbonyl (C=O) groups excluding carboxylic acids is 2. The van der Waals surface area contributed by atoms with Crippen LogP contribution in [-0.2, 0) is 39.4 Å². The number of hydrogen-bond donors (Lipinski definition) is 2. The van der Waals surface area contributed by atoms with E-state index in [1.54, 1.807) is 10.9 Å². The third-order valence-electron chi connectivity index (χ3n) is 6.06. The van der Waals surface area contributed by atoms with Crippen molar-refractivity contribution in [3.8, 4) is 0 Å². The summed E-state index contributed by atoms with van der Waals surface area (Å²) in [6.45, 7) is 5.07. The third-order valence-corrected chi connectivity index (χ3v) is 7.82. The molecule has 0 radical (unpaired) electrons. The number of esters is 2. The smallest absolute Gasteiger partial charge is 0.323 e. The summed E-state index contributed by atoms with van der Waals surface area (Å²) in [5.74, 6) is -0.716. The first-order valence-corrected chi connectivity index (χ1v) is 15.0. The molecule has 0 saturated carbocycles. The summed E-state index contributed by atoms with van der Waals surface area (Å²) in [6, 6.07) is -0.997. The largest absolute Gasteiger partial charge is 0.466 e. The molecule has 2 aromatic rings. The van der Waals surface area contributed by atoms with Gasteiger partial charge in [-0.2, -0.15) is 13.5 Å². The molecule has 2 aromatic heterocycles. The molecular formula is C24H41N6O7PS. The molecular weight excluding hydrogens is 547 g/mol. The normalized spacial score (nSPS) is 19.8. The first-order valence-electron chi connectivity index (χ1n) is 13.2. The molecule has 0 bridgehead atoms. The Kier molecular flexibility index (Phi) is 14.2. The summed E-state index contributed by atoms with van der Waals surface area (Å²) in [5.41, 5.74) is 6.88. The Balaban J connectivity index is 0.00000533. The second kappa shape index (κ2) is 16.8. The molecule has 1 aliphatic heterocycles. The maximum absolute atomic E-state index is 13.4. The second-order valence-electron chi connectivity index (χ2n) is 9.24. The number of fused-ring (bicyclic) bond motifs is 1. The molecule has 1 fully saturated rings. The van der Waals surface area contributed by atoms with Gasteiger partial charge >= 0.3 is 11.9 Å². The molecule has 13 nitrogen and oxygen atoms in total. The van der Waals surface area contributed by atoms with Crippen molar-refractivity contribution in [2.45, 2.75) is 83.9 Å². The number of carbonyl (C=O) groups is 2. The van der Waals surface area contributed by atoms with Crippen LogP contribution < -0.4 is 10.8 Å². The highest BCUT2D eigenvalue weighted by molar-refractivity contribution is 7.59. The van der Waals surface area contributed by atoms with Gasteiger partial charge in [0, 0.05) is 6.42 Å². The van der Waals surface area contributed by atoms with E-state index in [2.05, 4.69) is 33.9 Å². The highest BCUT2D eigenvalue weighted by Gasteiger charge is 2.37. The molecule has 3 atom stereocenters. The lowest BCUT2D eigenvalue weighted by atomic mass is 10.1. The van der Waals surface area contributed by atoms with Crippen molar-refractivity contribution in [3.63, 3.8) is 0 Å². The first-order chi connectivity index (χ1) is 18.3. The minimum absolute atomic E-state index is 0. The second-order valence-corrected chi connectivity index (χ2v) is 11.4. The minimum Gasteiger partial charge on any atom is -0.466 e. The van der Waals surface area contributed by atoms with Crippen molar-refractivity contribution in [1.82, 2.24) is 24.6 Å². The molecule has 0 spiro atoms. The number of nitrogens with zero attached hydrogens (tertiary/aromatic N) is 4. The van der Waals surface area contributed by atoms with E-state index in [0.717, 1.165) is 38.5 Å². The summed E-state index contributed by atoms with van der Waals surface area (Å²) in [5, 5.41) is 2.79. The molecule has 0 amide bonds. The third kappa shape index (κ3) is 10.3. The van der Waals surface area contributed by atoms with Gasteiger partial charge in [-0.25, -0.2) is 20.0 Å². The van der Waals surface area contributed by atoms with E-state index in [-0.39, 0.29) is 51.7 Å². The number of nitrogens with two attached hydrogens (primary N) is 1. The molecule has 0 aromatic carbocycles. The average Bonchev–Trinajstić information content (AvgIpc) is 3.32. The number of ether oxygens (including phenoxy) is 3. The molecule has 15 heteroatoms. The van der Waals surface area contributed by atoms with Gasteiger partial charge in [0.05, 0.1) is 32.7 Å². The van der Waals surface area contributed by atoms with Gasteiger partial charge in [-0.05, 0) is 19.3 Å². The number of nitrogens with one attached hydrogen (secondary N) is 1. The van der Waals surface area contributed by atoms with Gasteiger partial charge in [0.2, 0.25) is 0 Å². The summed E-state index contributed by atoms with van der Waals surface area (Å²) in [7, 11) is -3.54. The number of imidazole rings is 1. The van der Waals surface area contributed by atoms with Crippen molar-refractivity contribution in [2.75, 3.05) is 31.9 Å². The monoisotopic (exact) mass is 588 g/mol. The van der Waals surface area contributed by atoms with Crippen molar-refractivity contribution in [1.29, 1.82) is 0 Å². The van der Waals surface area contributed by atoms with Crippen molar-refractivity contribution < 1.29 is 32.9 Å². The Bertz CT molecular complexity index is 1090. The lowest BCUT2D eigenvalue weighted by molar-refractivity contribution is -0.147. The van der Waals surface area contributed by atoms with E-state index in [9.17, 15) is 14.2 Å². The number of nitrogen functional groups attached to an aromatic ring is 1. The zero-order chi connectivity index (χ0) is 27.4. The standard InChI is InChI=1S/C24H39N6O7P.H2S/c1-3-5-7-11-34-20(31)10-9-19(24(32)35-12-8-6-4-2)29-38(33)17-36-18(14-37-38)13-30-16-28-21-22(25)26-15-27-23(21)30;/h15-16,18-19H,3-14,17H2,1-2H3,(H,29,33)(H2,25,26,27);1H2/t18-,19-,38?;/m0./s1. The maximum Gasteiger partial charge on any atom is 0.323 e. The number of anilines is 1. The Morgan fingerprint density at radius 3 is 2.54 bits per heavy atom. The van der Waals surface area contributed by atoms with Crippen molar-refractivity contribution in [2.24, 2.45) is 0 Å². The topological polar surface area (TPSA) is 170 Å². The number of unbranched alkanes of at least 4 members (excludes halogenated alkanes) is 4. The fourth-order valence-electron chi connectivity index (χ4n) is 3.89. The highest BCUT2D eigenvalue weighted by Crippen LogP contribution is 2.46. The molecule has 1 aliphatic rings. The molecule has 3 N–H and O–H groups in total. The molecule has 3 rings (SSSR count). The van der Waals surface area contributed by atoms with E-state index in [1.165, 1.54) is 6.33 Å². The van der Waals surface area contributed by atoms with Gasteiger partial charge in [0.25, 0.3) is 7.52 Å². The molecule has 1 unspecified atom stereocenters. The number of rotatable bonds is 16. The van der Waals surface area contributed by atoms with Gasteiger partial charge in [-0.3, -0.25) is 14.2 Å². The fourth-order valence-corrected chi connectivity index (χ4v) is 5.64. The van der Waals surface area contributed by atoms with E-state index in [0.29, 0.717) is 24.3 Å². The molecule has 220 valence electrons. The van der Waals surface area contributed by atoms with Gasteiger partial charge in [-0.1, -0.05) is 39.5 Å². The highest BCUT2D eigenvalue weighted by atomic mass is 32.1. The van der Waals surface area contributed by atoms with Gasteiger partial charge < -0.3 is 29.0 Å².